The van der Waals surface area contributed by atoms with Gasteiger partial charge in [-0.3, -0.25) is 0 Å². The maximum atomic E-state index is 12.7. The van der Waals surface area contributed by atoms with Gasteiger partial charge in [-0.15, -0.1) is 0 Å². The number of amides is 2. The van der Waals surface area contributed by atoms with Gasteiger partial charge in [0, 0.05) is 19.9 Å². The molecule has 2 aromatic rings. The molecule has 3 rings (SSSR count). The van der Waals surface area contributed by atoms with Crippen molar-refractivity contribution in [1.29, 1.82) is 0 Å². The molecule has 0 saturated carbocycles. The fourth-order valence-corrected chi connectivity index (χ4v) is 3.14. The molecule has 0 radical (unpaired) electrons. The standard InChI is InChI=1S/C23H26N2O5/c1-16-20(22(26)29-14-13-28-3)21(24-23(27)25(16)2)18-9-11-19(12-10-18)30-15-17-7-5-4-6-8-17/h4-12,21H,13-15H2,1-3H3,(H,24,27)/t21-/m0/s1. The summed E-state index contributed by atoms with van der Waals surface area (Å²) < 4.78 is 16.1. The molecule has 0 fully saturated rings. The van der Waals surface area contributed by atoms with E-state index in [2.05, 4.69) is 5.32 Å². The SMILES string of the molecule is COCCOC(=O)C1=C(C)N(C)C(=O)N[C@H]1c1ccc(OCc2ccccc2)cc1. The van der Waals surface area contributed by atoms with Gasteiger partial charge in [0.2, 0.25) is 0 Å². The van der Waals surface area contributed by atoms with Crippen molar-refractivity contribution >= 4 is 12.0 Å². The molecule has 1 heterocycles. The Balaban J connectivity index is 1.77. The number of allylic oxidation sites excluding steroid dienone is 1. The molecule has 0 aromatic heterocycles. The Morgan fingerprint density at radius 3 is 2.43 bits per heavy atom. The van der Waals surface area contributed by atoms with Gasteiger partial charge >= 0.3 is 12.0 Å². The Kier molecular flexibility index (Phi) is 7.08. The number of methoxy groups -OCH3 is 1. The second kappa shape index (κ2) is 9.93. The third kappa shape index (κ3) is 4.99. The van der Waals surface area contributed by atoms with E-state index in [1.165, 1.54) is 12.0 Å². The Hall–Kier alpha value is -3.32. The monoisotopic (exact) mass is 410 g/mol. The van der Waals surface area contributed by atoms with Gasteiger partial charge < -0.3 is 24.4 Å². The molecule has 1 aliphatic heterocycles. The number of hydrogen-bond donors (Lipinski definition) is 1. The normalized spacial score (nSPS) is 16.3. The number of rotatable bonds is 8. The molecular weight excluding hydrogens is 384 g/mol. The number of urea groups is 1. The van der Waals surface area contributed by atoms with Gasteiger partial charge in [0.1, 0.15) is 19.0 Å². The molecular formula is C23H26N2O5. The van der Waals surface area contributed by atoms with Crippen LogP contribution in [0.1, 0.15) is 24.1 Å². The van der Waals surface area contributed by atoms with Crippen molar-refractivity contribution in [3.05, 3.63) is 77.0 Å². The molecule has 7 heteroatoms. The molecule has 0 unspecified atom stereocenters. The first kappa shape index (κ1) is 21.4. The van der Waals surface area contributed by atoms with Gasteiger partial charge in [0.05, 0.1) is 18.2 Å². The molecule has 30 heavy (non-hydrogen) atoms. The Labute approximate surface area is 176 Å². The summed E-state index contributed by atoms with van der Waals surface area (Å²) in [6.07, 6.45) is 0. The highest BCUT2D eigenvalue weighted by molar-refractivity contribution is 5.95. The van der Waals surface area contributed by atoms with Crippen molar-refractivity contribution in [1.82, 2.24) is 10.2 Å². The lowest BCUT2D eigenvalue weighted by molar-refractivity contribution is -0.140. The number of nitrogens with zero attached hydrogens (tertiary/aromatic N) is 1. The van der Waals surface area contributed by atoms with E-state index in [1.807, 2.05) is 54.6 Å². The van der Waals surface area contributed by atoms with Crippen LogP contribution in [-0.4, -0.2) is 44.3 Å². The Morgan fingerprint density at radius 2 is 1.77 bits per heavy atom. The number of esters is 1. The van der Waals surface area contributed by atoms with Crippen LogP contribution in [-0.2, 0) is 20.9 Å². The van der Waals surface area contributed by atoms with Crippen LogP contribution in [0.2, 0.25) is 0 Å². The lowest BCUT2D eigenvalue weighted by Gasteiger charge is -2.33. The summed E-state index contributed by atoms with van der Waals surface area (Å²) in [6.45, 7) is 2.64. The first-order chi connectivity index (χ1) is 14.5. The van der Waals surface area contributed by atoms with Crippen molar-refractivity contribution < 1.29 is 23.8 Å². The number of benzene rings is 2. The number of carbonyl (C=O) groups is 2. The summed E-state index contributed by atoms with van der Waals surface area (Å²) in [7, 11) is 3.15. The Bertz CT molecular complexity index is 909. The third-order valence-corrected chi connectivity index (χ3v) is 4.96. The van der Waals surface area contributed by atoms with Crippen LogP contribution in [0.25, 0.3) is 0 Å². The zero-order chi connectivity index (χ0) is 21.5. The second-order valence-electron chi connectivity index (χ2n) is 6.91. The summed E-state index contributed by atoms with van der Waals surface area (Å²) in [5, 5.41) is 2.87. The minimum absolute atomic E-state index is 0.142. The van der Waals surface area contributed by atoms with E-state index in [4.69, 9.17) is 14.2 Å². The highest BCUT2D eigenvalue weighted by Crippen LogP contribution is 2.31. The fourth-order valence-electron chi connectivity index (χ4n) is 3.14. The zero-order valence-electron chi connectivity index (χ0n) is 17.4. The lowest BCUT2D eigenvalue weighted by atomic mass is 9.95. The summed E-state index contributed by atoms with van der Waals surface area (Å²) in [5.74, 6) is 0.220. The van der Waals surface area contributed by atoms with E-state index in [-0.39, 0.29) is 12.6 Å². The van der Waals surface area contributed by atoms with Crippen LogP contribution in [0.15, 0.2) is 65.9 Å². The minimum atomic E-state index is -0.605. The predicted molar refractivity (Wildman–Crippen MR) is 112 cm³/mol. The van der Waals surface area contributed by atoms with Crippen LogP contribution >= 0.6 is 0 Å². The summed E-state index contributed by atoms with van der Waals surface area (Å²) in [6, 6.07) is 16.3. The third-order valence-electron chi connectivity index (χ3n) is 4.96. The van der Waals surface area contributed by atoms with E-state index in [1.54, 1.807) is 14.0 Å². The molecule has 1 N–H and O–H groups in total. The van der Waals surface area contributed by atoms with E-state index >= 15 is 0 Å². The van der Waals surface area contributed by atoms with Crippen molar-refractivity contribution in [2.45, 2.75) is 19.6 Å². The zero-order valence-corrected chi connectivity index (χ0v) is 17.4. The van der Waals surface area contributed by atoms with Crippen LogP contribution in [0.5, 0.6) is 5.75 Å². The largest absolute Gasteiger partial charge is 0.489 e. The van der Waals surface area contributed by atoms with Crippen LogP contribution < -0.4 is 10.1 Å². The molecule has 2 aromatic carbocycles. The lowest BCUT2D eigenvalue weighted by Crippen LogP contribution is -2.46. The van der Waals surface area contributed by atoms with E-state index < -0.39 is 12.0 Å². The molecule has 0 aliphatic carbocycles. The van der Waals surface area contributed by atoms with Crippen molar-refractivity contribution in [3.8, 4) is 5.75 Å². The van der Waals surface area contributed by atoms with E-state index in [0.717, 1.165) is 11.1 Å². The van der Waals surface area contributed by atoms with Crippen molar-refractivity contribution in [2.75, 3.05) is 27.4 Å². The molecule has 1 atom stereocenters. The smallest absolute Gasteiger partial charge is 0.338 e. The van der Waals surface area contributed by atoms with Gasteiger partial charge in [0.25, 0.3) is 0 Å². The van der Waals surface area contributed by atoms with Crippen LogP contribution in [0.4, 0.5) is 4.79 Å². The molecule has 0 saturated heterocycles. The fraction of sp³-hybridized carbons (Fsp3) is 0.304. The maximum Gasteiger partial charge on any atom is 0.338 e. The van der Waals surface area contributed by atoms with Gasteiger partial charge in [-0.1, -0.05) is 42.5 Å². The number of ether oxygens (including phenoxy) is 3. The molecule has 158 valence electrons. The summed E-state index contributed by atoms with van der Waals surface area (Å²) >= 11 is 0. The number of nitrogens with one attached hydrogen (secondary N) is 1. The molecule has 7 nitrogen and oxygen atoms in total. The minimum Gasteiger partial charge on any atom is -0.489 e. The van der Waals surface area contributed by atoms with Crippen LogP contribution in [0.3, 0.4) is 0 Å². The van der Waals surface area contributed by atoms with Gasteiger partial charge in [-0.25, -0.2) is 9.59 Å². The molecule has 1 aliphatic rings. The average Bonchev–Trinajstić information content (AvgIpc) is 2.77. The van der Waals surface area contributed by atoms with Crippen LogP contribution in [0, 0.1) is 0 Å². The first-order valence-corrected chi connectivity index (χ1v) is 9.69. The number of carbonyl (C=O) groups excluding carboxylic acids is 2. The summed E-state index contributed by atoms with van der Waals surface area (Å²) in [5.41, 5.74) is 2.78. The van der Waals surface area contributed by atoms with Gasteiger partial charge in [-0.2, -0.15) is 0 Å². The first-order valence-electron chi connectivity index (χ1n) is 9.69. The topological polar surface area (TPSA) is 77.1 Å². The highest BCUT2D eigenvalue weighted by Gasteiger charge is 2.35. The molecule has 0 bridgehead atoms. The predicted octanol–water partition coefficient (Wildman–Crippen LogP) is 3.43. The van der Waals surface area contributed by atoms with Crippen molar-refractivity contribution in [3.63, 3.8) is 0 Å². The van der Waals surface area contributed by atoms with E-state index in [9.17, 15) is 9.59 Å². The van der Waals surface area contributed by atoms with E-state index in [0.29, 0.717) is 30.2 Å². The molecule has 2 amide bonds. The second-order valence-corrected chi connectivity index (χ2v) is 6.91. The highest BCUT2D eigenvalue weighted by atomic mass is 16.6. The van der Waals surface area contributed by atoms with Gasteiger partial charge in [0.15, 0.2) is 0 Å². The van der Waals surface area contributed by atoms with Crippen molar-refractivity contribution in [2.24, 2.45) is 0 Å². The van der Waals surface area contributed by atoms with Gasteiger partial charge in [-0.05, 0) is 30.2 Å². The average molecular weight is 410 g/mol. The summed E-state index contributed by atoms with van der Waals surface area (Å²) in [4.78, 5) is 26.4. The Morgan fingerprint density at radius 1 is 1.07 bits per heavy atom. The maximum absolute atomic E-state index is 12.7. The molecule has 0 spiro atoms. The number of hydrogen-bond acceptors (Lipinski definition) is 5. The quantitative estimate of drug-likeness (QED) is 0.533.